The lowest BCUT2D eigenvalue weighted by Crippen LogP contribution is -2.17. The molecule has 1 aromatic carbocycles. The van der Waals surface area contributed by atoms with E-state index in [1.165, 1.54) is 13.1 Å². The Morgan fingerprint density at radius 1 is 1.33 bits per heavy atom. The first kappa shape index (κ1) is 15.4. The molecule has 0 spiro atoms. The van der Waals surface area contributed by atoms with Crippen molar-refractivity contribution in [1.29, 1.82) is 5.26 Å². The third-order valence-electron chi connectivity index (χ3n) is 2.72. The molecule has 21 heavy (non-hydrogen) atoms. The first-order valence-corrected chi connectivity index (χ1v) is 7.78. The summed E-state index contributed by atoms with van der Waals surface area (Å²) in [5.74, 6) is 0.456. The van der Waals surface area contributed by atoms with E-state index < -0.39 is 10.0 Å². The molecule has 0 aliphatic heterocycles. The summed E-state index contributed by atoms with van der Waals surface area (Å²) >= 11 is 5.84. The van der Waals surface area contributed by atoms with Gasteiger partial charge in [-0.1, -0.05) is 11.6 Å². The van der Waals surface area contributed by atoms with E-state index in [0.29, 0.717) is 22.0 Å². The summed E-state index contributed by atoms with van der Waals surface area (Å²) in [7, 11) is -2.27. The van der Waals surface area contributed by atoms with Crippen LogP contribution in [0.25, 0.3) is 0 Å². The molecular formula is C13H12ClN3O3S. The number of furan rings is 1. The molecule has 2 aromatic rings. The van der Waals surface area contributed by atoms with E-state index in [-0.39, 0.29) is 11.6 Å². The Bertz CT molecular complexity index is 793. The fourth-order valence-electron chi connectivity index (χ4n) is 1.61. The van der Waals surface area contributed by atoms with Gasteiger partial charge in [-0.2, -0.15) is 5.26 Å². The monoisotopic (exact) mass is 325 g/mol. The maximum absolute atomic E-state index is 11.5. The minimum atomic E-state index is -3.58. The van der Waals surface area contributed by atoms with Crippen LogP contribution < -0.4 is 10.0 Å². The third kappa shape index (κ3) is 3.55. The van der Waals surface area contributed by atoms with Crippen molar-refractivity contribution in [3.05, 3.63) is 46.7 Å². The fourth-order valence-corrected chi connectivity index (χ4v) is 2.43. The standard InChI is InChI=1S/C13H12ClN3O3S/c1-16-21(18,19)13-5-3-11(20-13)8-17-10-2-4-12(14)9(6-10)7-15/h2-6,16-17H,8H2,1H3. The molecule has 0 unspecified atom stereocenters. The van der Waals surface area contributed by atoms with Gasteiger partial charge in [0.2, 0.25) is 5.09 Å². The van der Waals surface area contributed by atoms with Gasteiger partial charge in [0, 0.05) is 5.69 Å². The van der Waals surface area contributed by atoms with Gasteiger partial charge in [-0.25, -0.2) is 13.1 Å². The highest BCUT2D eigenvalue weighted by Gasteiger charge is 2.16. The van der Waals surface area contributed by atoms with E-state index in [1.54, 1.807) is 24.3 Å². The summed E-state index contributed by atoms with van der Waals surface area (Å²) in [4.78, 5) is 0. The fraction of sp³-hybridized carbons (Fsp3) is 0.154. The molecule has 6 nitrogen and oxygen atoms in total. The summed E-state index contributed by atoms with van der Waals surface area (Å²) in [5, 5.41) is 12.2. The van der Waals surface area contributed by atoms with Crippen LogP contribution >= 0.6 is 11.6 Å². The number of hydrogen-bond donors (Lipinski definition) is 2. The van der Waals surface area contributed by atoms with Crippen LogP contribution in [0.5, 0.6) is 0 Å². The van der Waals surface area contributed by atoms with E-state index in [0.717, 1.165) is 0 Å². The van der Waals surface area contributed by atoms with Gasteiger partial charge in [0.1, 0.15) is 11.8 Å². The van der Waals surface area contributed by atoms with Crippen LogP contribution in [-0.2, 0) is 16.6 Å². The molecule has 8 heteroatoms. The Morgan fingerprint density at radius 2 is 2.10 bits per heavy atom. The maximum Gasteiger partial charge on any atom is 0.273 e. The second-order valence-corrected chi connectivity index (χ2v) is 6.31. The van der Waals surface area contributed by atoms with Crippen LogP contribution in [0.4, 0.5) is 5.69 Å². The summed E-state index contributed by atoms with van der Waals surface area (Å²) < 4.78 is 30.5. The van der Waals surface area contributed by atoms with Crippen LogP contribution in [0.2, 0.25) is 5.02 Å². The second-order valence-electron chi connectivity index (χ2n) is 4.09. The SMILES string of the molecule is CNS(=O)(=O)c1ccc(CNc2ccc(Cl)c(C#N)c2)o1. The number of nitrogens with zero attached hydrogens (tertiary/aromatic N) is 1. The highest BCUT2D eigenvalue weighted by Crippen LogP contribution is 2.21. The normalized spacial score (nSPS) is 11.1. The van der Waals surface area contributed by atoms with E-state index in [9.17, 15) is 8.42 Å². The van der Waals surface area contributed by atoms with Gasteiger partial charge < -0.3 is 9.73 Å². The van der Waals surface area contributed by atoms with Crippen molar-refractivity contribution in [3.63, 3.8) is 0 Å². The molecule has 0 bridgehead atoms. The molecule has 0 radical (unpaired) electrons. The van der Waals surface area contributed by atoms with Gasteiger partial charge in [-0.15, -0.1) is 0 Å². The van der Waals surface area contributed by atoms with Gasteiger partial charge in [0.25, 0.3) is 10.0 Å². The quantitative estimate of drug-likeness (QED) is 0.879. The van der Waals surface area contributed by atoms with Crippen LogP contribution in [0, 0.1) is 11.3 Å². The van der Waals surface area contributed by atoms with Gasteiger partial charge in [0.15, 0.2) is 0 Å². The Kier molecular flexibility index (Phi) is 4.53. The maximum atomic E-state index is 11.5. The average molecular weight is 326 g/mol. The lowest BCUT2D eigenvalue weighted by Gasteiger charge is -2.05. The minimum absolute atomic E-state index is 0.143. The van der Waals surface area contributed by atoms with Gasteiger partial charge in [-0.3, -0.25) is 0 Å². The van der Waals surface area contributed by atoms with E-state index in [4.69, 9.17) is 21.3 Å². The number of sulfonamides is 1. The van der Waals surface area contributed by atoms with E-state index in [1.807, 2.05) is 6.07 Å². The number of hydrogen-bond acceptors (Lipinski definition) is 5. The molecule has 0 aliphatic carbocycles. The Labute approximate surface area is 127 Å². The zero-order valence-corrected chi connectivity index (χ0v) is 12.6. The predicted molar refractivity (Wildman–Crippen MR) is 78.4 cm³/mol. The van der Waals surface area contributed by atoms with Crippen LogP contribution in [0.15, 0.2) is 39.8 Å². The van der Waals surface area contributed by atoms with Crippen molar-refractivity contribution < 1.29 is 12.8 Å². The number of anilines is 1. The molecule has 2 rings (SSSR count). The zero-order valence-electron chi connectivity index (χ0n) is 11.1. The first-order valence-electron chi connectivity index (χ1n) is 5.92. The highest BCUT2D eigenvalue weighted by molar-refractivity contribution is 7.89. The molecule has 2 N–H and O–H groups in total. The second kappa shape index (κ2) is 6.18. The van der Waals surface area contributed by atoms with Gasteiger partial charge >= 0.3 is 0 Å². The molecule has 110 valence electrons. The summed E-state index contributed by atoms with van der Waals surface area (Å²) in [6.07, 6.45) is 0. The largest absolute Gasteiger partial charge is 0.446 e. The van der Waals surface area contributed by atoms with Crippen LogP contribution in [-0.4, -0.2) is 15.5 Å². The smallest absolute Gasteiger partial charge is 0.273 e. The number of nitrogens with one attached hydrogen (secondary N) is 2. The topological polar surface area (TPSA) is 95.1 Å². The lowest BCUT2D eigenvalue weighted by atomic mass is 10.2. The third-order valence-corrected chi connectivity index (χ3v) is 4.34. The Balaban J connectivity index is 2.09. The number of nitriles is 1. The minimum Gasteiger partial charge on any atom is -0.446 e. The molecule has 0 saturated carbocycles. The molecule has 0 aliphatic rings. The molecule has 0 amide bonds. The molecule has 1 heterocycles. The first-order chi connectivity index (χ1) is 9.96. The van der Waals surface area contributed by atoms with Crippen molar-refractivity contribution in [2.24, 2.45) is 0 Å². The van der Waals surface area contributed by atoms with Crippen molar-refractivity contribution in [2.45, 2.75) is 11.6 Å². The van der Waals surface area contributed by atoms with Crippen molar-refractivity contribution in [3.8, 4) is 6.07 Å². The average Bonchev–Trinajstić information content (AvgIpc) is 2.96. The van der Waals surface area contributed by atoms with E-state index in [2.05, 4.69) is 10.0 Å². The molecule has 0 saturated heterocycles. The summed E-state index contributed by atoms with van der Waals surface area (Å²) in [6, 6.07) is 9.87. The molecule has 0 fully saturated rings. The van der Waals surface area contributed by atoms with Gasteiger partial charge in [-0.05, 0) is 37.4 Å². The zero-order chi connectivity index (χ0) is 15.5. The van der Waals surface area contributed by atoms with E-state index >= 15 is 0 Å². The lowest BCUT2D eigenvalue weighted by molar-refractivity contribution is 0.417. The number of halogens is 1. The van der Waals surface area contributed by atoms with Crippen molar-refractivity contribution in [2.75, 3.05) is 12.4 Å². The van der Waals surface area contributed by atoms with Crippen molar-refractivity contribution in [1.82, 2.24) is 4.72 Å². The number of rotatable bonds is 5. The summed E-state index contributed by atoms with van der Waals surface area (Å²) in [6.45, 7) is 0.283. The Hall–Kier alpha value is -2.01. The van der Waals surface area contributed by atoms with Gasteiger partial charge in [0.05, 0.1) is 17.1 Å². The highest BCUT2D eigenvalue weighted by atomic mass is 35.5. The predicted octanol–water partition coefficient (Wildman–Crippen LogP) is 2.32. The number of benzene rings is 1. The molecular weight excluding hydrogens is 314 g/mol. The summed E-state index contributed by atoms with van der Waals surface area (Å²) in [5.41, 5.74) is 1.05. The van der Waals surface area contributed by atoms with Crippen LogP contribution in [0.1, 0.15) is 11.3 Å². The Morgan fingerprint density at radius 3 is 2.76 bits per heavy atom. The molecule has 1 aromatic heterocycles. The van der Waals surface area contributed by atoms with Crippen molar-refractivity contribution >= 4 is 27.3 Å². The van der Waals surface area contributed by atoms with Crippen LogP contribution in [0.3, 0.4) is 0 Å². The molecule has 0 atom stereocenters.